The van der Waals surface area contributed by atoms with E-state index in [4.69, 9.17) is 9.84 Å². The Morgan fingerprint density at radius 3 is 2.42 bits per heavy atom. The van der Waals surface area contributed by atoms with E-state index in [0.717, 1.165) is 6.42 Å². The van der Waals surface area contributed by atoms with Gasteiger partial charge in [-0.05, 0) is 6.42 Å². The van der Waals surface area contributed by atoms with Gasteiger partial charge in [-0.3, -0.25) is 0 Å². The SMILES string of the molecule is CC[C@@H]1N[C@H](CO)[C@@H](O)[C@H]1OC. The number of nitrogens with one attached hydrogen (secondary N) is 1. The highest BCUT2D eigenvalue weighted by molar-refractivity contribution is 4.98. The van der Waals surface area contributed by atoms with E-state index >= 15 is 0 Å². The van der Waals surface area contributed by atoms with Crippen molar-refractivity contribution in [3.8, 4) is 0 Å². The fraction of sp³-hybridized carbons (Fsp3) is 1.00. The molecule has 72 valence electrons. The largest absolute Gasteiger partial charge is 0.395 e. The van der Waals surface area contributed by atoms with E-state index in [-0.39, 0.29) is 24.8 Å². The fourth-order valence-corrected chi connectivity index (χ4v) is 1.75. The van der Waals surface area contributed by atoms with Gasteiger partial charge in [-0.2, -0.15) is 0 Å². The van der Waals surface area contributed by atoms with Crippen molar-refractivity contribution in [1.82, 2.24) is 5.32 Å². The van der Waals surface area contributed by atoms with Crippen LogP contribution in [0, 0.1) is 0 Å². The number of methoxy groups -OCH3 is 1. The Bertz CT molecular complexity index is 140. The van der Waals surface area contributed by atoms with Crippen LogP contribution in [0.1, 0.15) is 13.3 Å². The number of hydrogen-bond acceptors (Lipinski definition) is 4. The topological polar surface area (TPSA) is 61.7 Å². The van der Waals surface area contributed by atoms with E-state index in [2.05, 4.69) is 5.32 Å². The first kappa shape index (κ1) is 9.92. The minimum atomic E-state index is -0.593. The molecule has 1 saturated heterocycles. The Kier molecular flexibility index (Phi) is 3.46. The molecule has 0 aliphatic carbocycles. The molecule has 0 radical (unpaired) electrons. The summed E-state index contributed by atoms with van der Waals surface area (Å²) in [5.74, 6) is 0. The maximum absolute atomic E-state index is 9.60. The molecule has 0 amide bonds. The van der Waals surface area contributed by atoms with Crippen molar-refractivity contribution in [2.45, 2.75) is 37.6 Å². The lowest BCUT2D eigenvalue weighted by atomic mass is 10.1. The molecule has 0 aromatic rings. The number of ether oxygens (including phenoxy) is 1. The average molecular weight is 175 g/mol. The van der Waals surface area contributed by atoms with Gasteiger partial charge in [0.15, 0.2) is 0 Å². The normalized spacial score (nSPS) is 42.0. The molecule has 0 unspecified atom stereocenters. The Balaban J connectivity index is 2.58. The monoisotopic (exact) mass is 175 g/mol. The molecule has 1 fully saturated rings. The van der Waals surface area contributed by atoms with Gasteiger partial charge in [0, 0.05) is 13.2 Å². The van der Waals surface area contributed by atoms with Gasteiger partial charge in [0.1, 0.15) is 0 Å². The van der Waals surface area contributed by atoms with Gasteiger partial charge >= 0.3 is 0 Å². The summed E-state index contributed by atoms with van der Waals surface area (Å²) in [6.07, 6.45) is 0.114. The van der Waals surface area contributed by atoms with Crippen LogP contribution in [0.4, 0.5) is 0 Å². The zero-order valence-electron chi connectivity index (χ0n) is 7.53. The van der Waals surface area contributed by atoms with E-state index in [0.29, 0.717) is 0 Å². The van der Waals surface area contributed by atoms with E-state index < -0.39 is 6.10 Å². The summed E-state index contributed by atoms with van der Waals surface area (Å²) in [6.45, 7) is 1.98. The van der Waals surface area contributed by atoms with E-state index in [1.807, 2.05) is 6.92 Å². The summed E-state index contributed by atoms with van der Waals surface area (Å²) in [5.41, 5.74) is 0. The third-order valence-corrected chi connectivity index (χ3v) is 2.48. The Labute approximate surface area is 72.5 Å². The lowest BCUT2D eigenvalue weighted by molar-refractivity contribution is -0.00957. The highest BCUT2D eigenvalue weighted by Crippen LogP contribution is 2.18. The summed E-state index contributed by atoms with van der Waals surface area (Å²) in [5, 5.41) is 21.6. The molecule has 3 N–H and O–H groups in total. The molecule has 0 aromatic heterocycles. The van der Waals surface area contributed by atoms with Gasteiger partial charge in [-0.25, -0.2) is 0 Å². The summed E-state index contributed by atoms with van der Waals surface area (Å²) < 4.78 is 5.14. The van der Waals surface area contributed by atoms with Crippen molar-refractivity contribution in [2.75, 3.05) is 13.7 Å². The Hall–Kier alpha value is -0.160. The smallest absolute Gasteiger partial charge is 0.0998 e. The van der Waals surface area contributed by atoms with Crippen LogP contribution in [0.3, 0.4) is 0 Å². The lowest BCUT2D eigenvalue weighted by Crippen LogP contribution is -2.36. The first-order valence-electron chi connectivity index (χ1n) is 4.32. The van der Waals surface area contributed by atoms with Crippen LogP contribution in [-0.4, -0.2) is 48.2 Å². The second-order valence-electron chi connectivity index (χ2n) is 3.16. The second kappa shape index (κ2) is 4.18. The molecule has 0 aromatic carbocycles. The quantitative estimate of drug-likeness (QED) is 0.520. The molecule has 4 nitrogen and oxygen atoms in total. The molecule has 1 rings (SSSR count). The van der Waals surface area contributed by atoms with Gasteiger partial charge < -0.3 is 20.3 Å². The van der Waals surface area contributed by atoms with Crippen LogP contribution in [0.5, 0.6) is 0 Å². The van der Waals surface area contributed by atoms with Crippen LogP contribution in [-0.2, 0) is 4.74 Å². The third kappa shape index (κ3) is 1.61. The number of rotatable bonds is 3. The van der Waals surface area contributed by atoms with Crippen molar-refractivity contribution in [1.29, 1.82) is 0 Å². The number of aliphatic hydroxyl groups is 2. The molecule has 12 heavy (non-hydrogen) atoms. The first-order chi connectivity index (χ1) is 5.74. The minimum absolute atomic E-state index is 0.0441. The Morgan fingerprint density at radius 1 is 1.42 bits per heavy atom. The van der Waals surface area contributed by atoms with Crippen molar-refractivity contribution in [3.05, 3.63) is 0 Å². The predicted octanol–water partition coefficient (Wildman–Crippen LogP) is -0.895. The molecular weight excluding hydrogens is 158 g/mol. The van der Waals surface area contributed by atoms with Gasteiger partial charge in [-0.1, -0.05) is 6.92 Å². The fourth-order valence-electron chi connectivity index (χ4n) is 1.75. The maximum atomic E-state index is 9.60. The molecule has 0 saturated carbocycles. The summed E-state index contributed by atoms with van der Waals surface area (Å²) >= 11 is 0. The average Bonchev–Trinajstić information content (AvgIpc) is 2.41. The zero-order valence-corrected chi connectivity index (χ0v) is 7.53. The minimum Gasteiger partial charge on any atom is -0.395 e. The van der Waals surface area contributed by atoms with Crippen LogP contribution < -0.4 is 5.32 Å². The predicted molar refractivity (Wildman–Crippen MR) is 44.9 cm³/mol. The highest BCUT2D eigenvalue weighted by atomic mass is 16.5. The van der Waals surface area contributed by atoms with Gasteiger partial charge in [0.25, 0.3) is 0 Å². The van der Waals surface area contributed by atoms with Gasteiger partial charge in [0.05, 0.1) is 24.9 Å². The number of aliphatic hydroxyl groups excluding tert-OH is 2. The second-order valence-corrected chi connectivity index (χ2v) is 3.16. The molecule has 0 spiro atoms. The van der Waals surface area contributed by atoms with Crippen molar-refractivity contribution < 1.29 is 14.9 Å². The molecule has 4 heteroatoms. The van der Waals surface area contributed by atoms with Gasteiger partial charge in [0.2, 0.25) is 0 Å². The van der Waals surface area contributed by atoms with Crippen LogP contribution in [0.2, 0.25) is 0 Å². The van der Waals surface area contributed by atoms with Gasteiger partial charge in [-0.15, -0.1) is 0 Å². The number of hydrogen-bond donors (Lipinski definition) is 3. The van der Waals surface area contributed by atoms with Crippen LogP contribution in [0.15, 0.2) is 0 Å². The van der Waals surface area contributed by atoms with Crippen molar-refractivity contribution in [2.24, 2.45) is 0 Å². The van der Waals surface area contributed by atoms with E-state index in [1.165, 1.54) is 0 Å². The van der Waals surface area contributed by atoms with E-state index in [9.17, 15) is 5.11 Å². The van der Waals surface area contributed by atoms with E-state index in [1.54, 1.807) is 7.11 Å². The lowest BCUT2D eigenvalue weighted by Gasteiger charge is -2.18. The Morgan fingerprint density at radius 2 is 2.08 bits per heavy atom. The van der Waals surface area contributed by atoms with Crippen LogP contribution >= 0.6 is 0 Å². The maximum Gasteiger partial charge on any atom is 0.0998 e. The molecule has 1 aliphatic heterocycles. The molecule has 0 bridgehead atoms. The third-order valence-electron chi connectivity index (χ3n) is 2.48. The molecule has 1 heterocycles. The van der Waals surface area contributed by atoms with Crippen molar-refractivity contribution in [3.63, 3.8) is 0 Å². The summed E-state index contributed by atoms with van der Waals surface area (Å²) in [6, 6.07) is -0.0814. The zero-order chi connectivity index (χ0) is 9.14. The molecule has 4 atom stereocenters. The van der Waals surface area contributed by atoms with Crippen LogP contribution in [0.25, 0.3) is 0 Å². The molecular formula is C8H17NO3. The standard InChI is InChI=1S/C8H17NO3/c1-3-5-8(12-2)7(11)6(4-10)9-5/h5-11H,3-4H2,1-2H3/t5-,6+,7+,8-/m0/s1. The first-order valence-corrected chi connectivity index (χ1v) is 4.32. The summed E-state index contributed by atoms with van der Waals surface area (Å²) in [4.78, 5) is 0. The highest BCUT2D eigenvalue weighted by Gasteiger charge is 2.40. The molecule has 1 aliphatic rings. The van der Waals surface area contributed by atoms with Crippen molar-refractivity contribution >= 4 is 0 Å². The summed E-state index contributed by atoms with van der Waals surface area (Å²) in [7, 11) is 1.58.